The molecule has 1 amide bonds. The standard InChI is InChI=1S/C26H27N5O2S/c1-19-8-10-20(11-9-19)27-18-24-29-30-26(31(24)22-6-4-3-5-7-22)34-17-16-25(32)28-21-12-14-23(33-2)15-13-21/h3-15,27H,16-18H2,1-2H3,(H,28,32). The first-order chi connectivity index (χ1) is 16.6. The molecular weight excluding hydrogens is 446 g/mol. The molecule has 1 aromatic heterocycles. The average molecular weight is 474 g/mol. The number of nitrogens with one attached hydrogen (secondary N) is 2. The number of thioether (sulfide) groups is 1. The number of hydrogen-bond acceptors (Lipinski definition) is 6. The smallest absolute Gasteiger partial charge is 0.225 e. The lowest BCUT2D eigenvalue weighted by Gasteiger charge is -2.11. The maximum Gasteiger partial charge on any atom is 0.225 e. The predicted molar refractivity (Wildman–Crippen MR) is 137 cm³/mol. The van der Waals surface area contributed by atoms with E-state index in [1.807, 2.05) is 59.2 Å². The van der Waals surface area contributed by atoms with E-state index in [-0.39, 0.29) is 5.91 Å². The first kappa shape index (κ1) is 23.4. The fourth-order valence-electron chi connectivity index (χ4n) is 3.33. The summed E-state index contributed by atoms with van der Waals surface area (Å²) < 4.78 is 7.18. The van der Waals surface area contributed by atoms with E-state index in [2.05, 4.69) is 52.0 Å². The predicted octanol–water partition coefficient (Wildman–Crippen LogP) is 5.32. The van der Waals surface area contributed by atoms with Crippen LogP contribution in [0.15, 0.2) is 84.0 Å². The number of aryl methyl sites for hydroxylation is 1. The van der Waals surface area contributed by atoms with Crippen LogP contribution in [0.2, 0.25) is 0 Å². The molecule has 0 bridgehead atoms. The van der Waals surface area contributed by atoms with Gasteiger partial charge < -0.3 is 15.4 Å². The van der Waals surface area contributed by atoms with Gasteiger partial charge >= 0.3 is 0 Å². The summed E-state index contributed by atoms with van der Waals surface area (Å²) in [4.78, 5) is 12.4. The zero-order chi connectivity index (χ0) is 23.8. The largest absolute Gasteiger partial charge is 0.497 e. The maximum absolute atomic E-state index is 12.4. The number of amides is 1. The first-order valence-corrected chi connectivity index (χ1v) is 12.0. The molecule has 2 N–H and O–H groups in total. The summed E-state index contributed by atoms with van der Waals surface area (Å²) in [5.74, 6) is 2.08. The Morgan fingerprint density at radius 3 is 2.35 bits per heavy atom. The molecule has 0 saturated carbocycles. The Hall–Kier alpha value is -3.78. The molecular formula is C26H27N5O2S. The van der Waals surface area contributed by atoms with Crippen LogP contribution in [-0.4, -0.2) is 33.5 Å². The Kier molecular flexibility index (Phi) is 7.83. The zero-order valence-corrected chi connectivity index (χ0v) is 20.0. The molecule has 8 heteroatoms. The van der Waals surface area contributed by atoms with Crippen molar-refractivity contribution in [1.29, 1.82) is 0 Å². The molecule has 0 aliphatic carbocycles. The molecule has 7 nitrogen and oxygen atoms in total. The van der Waals surface area contributed by atoms with Crippen molar-refractivity contribution in [2.45, 2.75) is 25.0 Å². The molecule has 1 heterocycles. The van der Waals surface area contributed by atoms with Crippen LogP contribution in [-0.2, 0) is 11.3 Å². The van der Waals surface area contributed by atoms with Crippen molar-refractivity contribution >= 4 is 29.0 Å². The summed E-state index contributed by atoms with van der Waals surface area (Å²) in [5.41, 5.74) is 3.97. The fourth-order valence-corrected chi connectivity index (χ4v) is 4.24. The van der Waals surface area contributed by atoms with Gasteiger partial charge in [-0.1, -0.05) is 47.7 Å². The van der Waals surface area contributed by atoms with Crippen LogP contribution in [0.5, 0.6) is 5.75 Å². The molecule has 4 aromatic rings. The number of carbonyl (C=O) groups is 1. The minimum absolute atomic E-state index is 0.0512. The lowest BCUT2D eigenvalue weighted by Crippen LogP contribution is -2.12. The van der Waals surface area contributed by atoms with E-state index < -0.39 is 0 Å². The van der Waals surface area contributed by atoms with Gasteiger partial charge in [-0.2, -0.15) is 0 Å². The van der Waals surface area contributed by atoms with Crippen molar-refractivity contribution in [3.8, 4) is 11.4 Å². The third-order valence-corrected chi connectivity index (χ3v) is 6.08. The van der Waals surface area contributed by atoms with Gasteiger partial charge in [0.15, 0.2) is 11.0 Å². The maximum atomic E-state index is 12.4. The molecule has 4 rings (SSSR count). The quantitative estimate of drug-likeness (QED) is 0.304. The Labute approximate surface area is 203 Å². The van der Waals surface area contributed by atoms with Crippen LogP contribution in [0.4, 0.5) is 11.4 Å². The second-order valence-electron chi connectivity index (χ2n) is 7.66. The van der Waals surface area contributed by atoms with E-state index >= 15 is 0 Å². The molecule has 0 unspecified atom stereocenters. The van der Waals surface area contributed by atoms with Crippen LogP contribution in [0, 0.1) is 6.92 Å². The van der Waals surface area contributed by atoms with E-state index in [1.54, 1.807) is 7.11 Å². The molecule has 34 heavy (non-hydrogen) atoms. The van der Waals surface area contributed by atoms with Gasteiger partial charge in [0.05, 0.1) is 13.7 Å². The van der Waals surface area contributed by atoms with Crippen molar-refractivity contribution < 1.29 is 9.53 Å². The van der Waals surface area contributed by atoms with E-state index in [0.717, 1.165) is 33.8 Å². The van der Waals surface area contributed by atoms with Gasteiger partial charge in [0.2, 0.25) is 5.91 Å². The van der Waals surface area contributed by atoms with Crippen LogP contribution in [0.1, 0.15) is 17.8 Å². The lowest BCUT2D eigenvalue weighted by molar-refractivity contribution is -0.115. The van der Waals surface area contributed by atoms with Crippen LogP contribution < -0.4 is 15.4 Å². The van der Waals surface area contributed by atoms with Crippen molar-refractivity contribution in [2.75, 3.05) is 23.5 Å². The van der Waals surface area contributed by atoms with Crippen molar-refractivity contribution in [3.63, 3.8) is 0 Å². The van der Waals surface area contributed by atoms with Crippen molar-refractivity contribution in [1.82, 2.24) is 14.8 Å². The Balaban J connectivity index is 1.40. The average Bonchev–Trinajstić information content (AvgIpc) is 3.27. The van der Waals surface area contributed by atoms with Crippen molar-refractivity contribution in [2.24, 2.45) is 0 Å². The number of para-hydroxylation sites is 1. The Morgan fingerprint density at radius 2 is 1.65 bits per heavy atom. The highest BCUT2D eigenvalue weighted by Gasteiger charge is 2.15. The van der Waals surface area contributed by atoms with Gasteiger partial charge in [-0.15, -0.1) is 10.2 Å². The minimum atomic E-state index is -0.0512. The fraction of sp³-hybridized carbons (Fsp3) is 0.192. The molecule has 3 aromatic carbocycles. The molecule has 0 spiro atoms. The van der Waals surface area contributed by atoms with Crippen molar-refractivity contribution in [3.05, 3.63) is 90.3 Å². The third-order valence-electron chi connectivity index (χ3n) is 5.15. The highest BCUT2D eigenvalue weighted by molar-refractivity contribution is 7.99. The van der Waals surface area contributed by atoms with Gasteiger partial charge in [-0.05, 0) is 55.5 Å². The van der Waals surface area contributed by atoms with E-state index in [0.29, 0.717) is 18.7 Å². The third kappa shape index (κ3) is 6.17. The summed E-state index contributed by atoms with van der Waals surface area (Å²) >= 11 is 1.51. The number of methoxy groups -OCH3 is 1. The van der Waals surface area contributed by atoms with Gasteiger partial charge in [0, 0.05) is 29.2 Å². The number of carbonyl (C=O) groups excluding carboxylic acids is 1. The van der Waals surface area contributed by atoms with Gasteiger partial charge in [0.1, 0.15) is 5.75 Å². The normalized spacial score (nSPS) is 10.6. The van der Waals surface area contributed by atoms with Crippen LogP contribution >= 0.6 is 11.8 Å². The van der Waals surface area contributed by atoms with E-state index in [9.17, 15) is 4.79 Å². The Morgan fingerprint density at radius 1 is 0.941 bits per heavy atom. The summed E-state index contributed by atoms with van der Waals surface area (Å²) in [5, 5.41) is 15.9. The molecule has 174 valence electrons. The number of ether oxygens (including phenoxy) is 1. The summed E-state index contributed by atoms with van der Waals surface area (Å²) in [6, 6.07) is 25.5. The molecule has 0 radical (unpaired) electrons. The number of aromatic nitrogens is 3. The number of hydrogen-bond donors (Lipinski definition) is 2. The zero-order valence-electron chi connectivity index (χ0n) is 19.2. The van der Waals surface area contributed by atoms with E-state index in [4.69, 9.17) is 4.74 Å². The summed E-state index contributed by atoms with van der Waals surface area (Å²) in [6.07, 6.45) is 0.356. The molecule has 0 aliphatic heterocycles. The number of benzene rings is 3. The lowest BCUT2D eigenvalue weighted by atomic mass is 10.2. The first-order valence-electron chi connectivity index (χ1n) is 11.0. The number of nitrogens with zero attached hydrogens (tertiary/aromatic N) is 3. The summed E-state index contributed by atoms with van der Waals surface area (Å²) in [7, 11) is 1.61. The van der Waals surface area contributed by atoms with Gasteiger partial charge in [-0.25, -0.2) is 0 Å². The topological polar surface area (TPSA) is 81.1 Å². The van der Waals surface area contributed by atoms with Crippen LogP contribution in [0.25, 0.3) is 5.69 Å². The molecule has 0 aliphatic rings. The number of anilines is 2. The van der Waals surface area contributed by atoms with Gasteiger partial charge in [0.25, 0.3) is 0 Å². The Bertz CT molecular complexity index is 1210. The minimum Gasteiger partial charge on any atom is -0.497 e. The molecule has 0 fully saturated rings. The molecule has 0 atom stereocenters. The highest BCUT2D eigenvalue weighted by atomic mass is 32.2. The number of rotatable bonds is 10. The second-order valence-corrected chi connectivity index (χ2v) is 8.73. The second kappa shape index (κ2) is 11.4. The monoisotopic (exact) mass is 473 g/mol. The highest BCUT2D eigenvalue weighted by Crippen LogP contribution is 2.24. The SMILES string of the molecule is COc1ccc(NC(=O)CCSc2nnc(CNc3ccc(C)cc3)n2-c2ccccc2)cc1. The summed E-state index contributed by atoms with van der Waals surface area (Å²) in [6.45, 7) is 2.60. The van der Waals surface area contributed by atoms with E-state index in [1.165, 1.54) is 17.3 Å². The molecule has 0 saturated heterocycles. The van der Waals surface area contributed by atoms with Gasteiger partial charge in [-0.3, -0.25) is 9.36 Å². The van der Waals surface area contributed by atoms with Crippen LogP contribution in [0.3, 0.4) is 0 Å².